The maximum absolute atomic E-state index is 11.7. The van der Waals surface area contributed by atoms with Gasteiger partial charge in [0.1, 0.15) is 12.4 Å². The van der Waals surface area contributed by atoms with Gasteiger partial charge >= 0.3 is 0 Å². The largest absolute Gasteiger partial charge is 0.402 e. The number of carbonyl (C=O) groups is 1. The van der Waals surface area contributed by atoms with Gasteiger partial charge in [0.05, 0.1) is 12.2 Å². The lowest BCUT2D eigenvalue weighted by atomic mass is 9.99. The minimum atomic E-state index is -2.69. The molecule has 4 heteroatoms. The Balaban J connectivity index is 1.67. The van der Waals surface area contributed by atoms with Gasteiger partial charge in [-0.25, -0.2) is 0 Å². The molecule has 0 saturated carbocycles. The molecule has 1 aliphatic rings. The monoisotopic (exact) mass is 562 g/mol. The van der Waals surface area contributed by atoms with Crippen molar-refractivity contribution < 1.29 is 14.0 Å². The second kappa shape index (κ2) is 17.1. The van der Waals surface area contributed by atoms with Crippen LogP contribution in [0.5, 0.6) is 0 Å². The van der Waals surface area contributed by atoms with E-state index in [1.165, 1.54) is 68.2 Å². The average Bonchev–Trinajstić information content (AvgIpc) is 2.97. The molecule has 0 unspecified atom stereocenters. The van der Waals surface area contributed by atoms with Crippen molar-refractivity contribution in [3.63, 3.8) is 0 Å². The highest BCUT2D eigenvalue weighted by Crippen LogP contribution is 2.39. The van der Waals surface area contributed by atoms with Crippen LogP contribution in [0.1, 0.15) is 111 Å². The molecule has 0 amide bonds. The fourth-order valence-corrected chi connectivity index (χ4v) is 10.9. The molecule has 0 radical (unpaired) electrons. The molecule has 0 aliphatic carbocycles. The number of carbonyl (C=O) groups excluding carboxylic acids is 1. The second-order valence-electron chi connectivity index (χ2n) is 12.6. The third kappa shape index (κ3) is 9.26. The van der Waals surface area contributed by atoms with Crippen molar-refractivity contribution in [2.24, 2.45) is 0 Å². The molecule has 2 aromatic rings. The van der Waals surface area contributed by atoms with Gasteiger partial charge in [-0.05, 0) is 47.5 Å². The molecule has 0 N–H and O–H groups in total. The van der Waals surface area contributed by atoms with E-state index in [1.54, 1.807) is 0 Å². The van der Waals surface area contributed by atoms with Crippen molar-refractivity contribution >= 4 is 25.0 Å². The van der Waals surface area contributed by atoms with Crippen LogP contribution in [-0.4, -0.2) is 32.9 Å². The standard InChI is InChI=1S/C36H54O3Si/c1-5-6-7-8-9-10-11-12-13-14-15-22-27-34-35(29-28-31(30-37)38-34)39-40(36(2,3)4,32-23-18-16-19-24-32)33-25-20-17-21-26-33/h15-26,30-31,34-35H,5-14,27-29H2,1-4H3/b22-15-/t31-,34-,35-/m1/s1. The molecule has 3 rings (SSSR count). The lowest BCUT2D eigenvalue weighted by Gasteiger charge is -2.47. The van der Waals surface area contributed by atoms with E-state index in [-0.39, 0.29) is 23.4 Å². The topological polar surface area (TPSA) is 35.5 Å². The lowest BCUT2D eigenvalue weighted by molar-refractivity contribution is -0.138. The first-order chi connectivity index (χ1) is 19.4. The summed E-state index contributed by atoms with van der Waals surface area (Å²) in [6.45, 7) is 9.23. The number of unbranched alkanes of at least 4 members (excludes halogenated alkanes) is 9. The minimum absolute atomic E-state index is 0.0557. The van der Waals surface area contributed by atoms with Gasteiger partial charge in [0.15, 0.2) is 0 Å². The van der Waals surface area contributed by atoms with E-state index in [2.05, 4.69) is 101 Å². The Kier molecular flexibility index (Phi) is 13.9. The van der Waals surface area contributed by atoms with Crippen LogP contribution in [0, 0.1) is 0 Å². The number of ether oxygens (including phenoxy) is 1. The van der Waals surface area contributed by atoms with E-state index in [9.17, 15) is 4.79 Å². The maximum Gasteiger partial charge on any atom is 0.261 e. The Morgan fingerprint density at radius 3 is 1.88 bits per heavy atom. The number of benzene rings is 2. The summed E-state index contributed by atoms with van der Waals surface area (Å²) in [6.07, 6.45) is 20.6. The third-order valence-electron chi connectivity index (χ3n) is 8.41. The minimum Gasteiger partial charge on any atom is -0.402 e. The van der Waals surface area contributed by atoms with Gasteiger partial charge in [0.2, 0.25) is 0 Å². The van der Waals surface area contributed by atoms with Crippen LogP contribution < -0.4 is 10.4 Å². The molecule has 1 saturated heterocycles. The predicted octanol–water partition coefficient (Wildman–Crippen LogP) is 8.55. The van der Waals surface area contributed by atoms with Crippen molar-refractivity contribution in [2.75, 3.05) is 0 Å². The quantitative estimate of drug-likeness (QED) is 0.0839. The molecule has 3 nitrogen and oxygen atoms in total. The third-order valence-corrected chi connectivity index (χ3v) is 13.5. The van der Waals surface area contributed by atoms with E-state index < -0.39 is 8.32 Å². The summed E-state index contributed by atoms with van der Waals surface area (Å²) in [5.74, 6) is 0. The fraction of sp³-hybridized carbons (Fsp3) is 0.583. The zero-order chi connectivity index (χ0) is 28.7. The Labute approximate surface area is 245 Å². The molecule has 1 fully saturated rings. The van der Waals surface area contributed by atoms with Gasteiger partial charge in [-0.2, -0.15) is 0 Å². The molecular weight excluding hydrogens is 508 g/mol. The highest BCUT2D eigenvalue weighted by atomic mass is 28.4. The van der Waals surface area contributed by atoms with Gasteiger partial charge in [0.25, 0.3) is 8.32 Å². The van der Waals surface area contributed by atoms with Crippen LogP contribution >= 0.6 is 0 Å². The number of aldehydes is 1. The molecule has 0 spiro atoms. The number of hydrogen-bond donors (Lipinski definition) is 0. The van der Waals surface area contributed by atoms with Gasteiger partial charge < -0.3 is 14.0 Å². The zero-order valence-electron chi connectivity index (χ0n) is 25.7. The first kappa shape index (κ1) is 32.5. The number of rotatable bonds is 17. The van der Waals surface area contributed by atoms with Crippen LogP contribution in [0.25, 0.3) is 0 Å². The summed E-state index contributed by atoms with van der Waals surface area (Å²) in [4.78, 5) is 11.7. The summed E-state index contributed by atoms with van der Waals surface area (Å²) in [7, 11) is -2.69. The lowest BCUT2D eigenvalue weighted by Crippen LogP contribution is -2.68. The summed E-state index contributed by atoms with van der Waals surface area (Å²) in [5.41, 5.74) is 0. The van der Waals surface area contributed by atoms with Crippen molar-refractivity contribution in [1.82, 2.24) is 0 Å². The molecule has 0 aromatic heterocycles. The van der Waals surface area contributed by atoms with Crippen molar-refractivity contribution in [2.45, 2.75) is 135 Å². The number of hydrogen-bond acceptors (Lipinski definition) is 3. The Hall–Kier alpha value is -2.01. The van der Waals surface area contributed by atoms with Crippen molar-refractivity contribution in [3.05, 3.63) is 72.8 Å². The highest BCUT2D eigenvalue weighted by molar-refractivity contribution is 6.99. The van der Waals surface area contributed by atoms with Crippen LogP contribution in [0.2, 0.25) is 5.04 Å². The summed E-state index contributed by atoms with van der Waals surface area (Å²) < 4.78 is 13.8. The van der Waals surface area contributed by atoms with Gasteiger partial charge in [-0.15, -0.1) is 0 Å². The van der Waals surface area contributed by atoms with Gasteiger partial charge in [0, 0.05) is 0 Å². The Morgan fingerprint density at radius 2 is 1.35 bits per heavy atom. The number of allylic oxidation sites excluding steroid dienone is 1. The molecule has 220 valence electrons. The van der Waals surface area contributed by atoms with Gasteiger partial charge in [-0.1, -0.05) is 152 Å². The zero-order valence-corrected chi connectivity index (χ0v) is 26.7. The Morgan fingerprint density at radius 1 is 0.800 bits per heavy atom. The van der Waals surface area contributed by atoms with E-state index >= 15 is 0 Å². The molecule has 2 aromatic carbocycles. The van der Waals surface area contributed by atoms with Crippen LogP contribution in [0.3, 0.4) is 0 Å². The molecular formula is C36H54O3Si. The SMILES string of the molecule is CCCCCCCCCCC/C=C\C[C@H]1O[C@@H](C=O)CC[C@H]1O[Si](c1ccccc1)(c1ccccc1)C(C)(C)C. The van der Waals surface area contributed by atoms with Crippen LogP contribution in [0.4, 0.5) is 0 Å². The van der Waals surface area contributed by atoms with E-state index in [4.69, 9.17) is 9.16 Å². The Bertz CT molecular complexity index is 943. The summed E-state index contributed by atoms with van der Waals surface area (Å²) in [5, 5.41) is 2.48. The van der Waals surface area contributed by atoms with Crippen LogP contribution in [0.15, 0.2) is 72.8 Å². The first-order valence-electron chi connectivity index (χ1n) is 16.0. The van der Waals surface area contributed by atoms with Crippen molar-refractivity contribution in [1.29, 1.82) is 0 Å². The molecule has 0 bridgehead atoms. The predicted molar refractivity (Wildman–Crippen MR) is 172 cm³/mol. The smallest absolute Gasteiger partial charge is 0.261 e. The van der Waals surface area contributed by atoms with E-state index in [0.717, 1.165) is 25.5 Å². The molecule has 3 atom stereocenters. The molecule has 1 aliphatic heterocycles. The molecule has 1 heterocycles. The molecule has 40 heavy (non-hydrogen) atoms. The summed E-state index contributed by atoms with van der Waals surface area (Å²) >= 11 is 0. The highest BCUT2D eigenvalue weighted by Gasteiger charge is 2.52. The maximum atomic E-state index is 11.7. The normalized spacial score (nSPS) is 20.1. The fourth-order valence-electron chi connectivity index (χ4n) is 6.18. The van der Waals surface area contributed by atoms with Crippen LogP contribution in [-0.2, 0) is 14.0 Å². The first-order valence-corrected chi connectivity index (χ1v) is 17.9. The average molecular weight is 563 g/mol. The van der Waals surface area contributed by atoms with Gasteiger partial charge in [-0.3, -0.25) is 0 Å². The van der Waals surface area contributed by atoms with Crippen molar-refractivity contribution in [3.8, 4) is 0 Å². The second-order valence-corrected chi connectivity index (χ2v) is 16.8. The van der Waals surface area contributed by atoms with E-state index in [0.29, 0.717) is 6.42 Å². The van der Waals surface area contributed by atoms with E-state index in [1.807, 2.05) is 0 Å². The summed E-state index contributed by atoms with van der Waals surface area (Å²) in [6, 6.07) is 21.6.